The molecule has 1 N–H and O–H groups in total. The molecule has 1 saturated heterocycles. The predicted molar refractivity (Wildman–Crippen MR) is 92.5 cm³/mol. The molecule has 1 aromatic carbocycles. The smallest absolute Gasteiger partial charge is 0.249 e. The average Bonchev–Trinajstić information content (AvgIpc) is 3.03. The van der Waals surface area contributed by atoms with Crippen LogP contribution in [0.5, 0.6) is 5.75 Å². The van der Waals surface area contributed by atoms with E-state index in [1.807, 2.05) is 30.3 Å². The minimum absolute atomic E-state index is 0.114. The van der Waals surface area contributed by atoms with E-state index in [-0.39, 0.29) is 11.9 Å². The SMILES string of the molecule is Cn1cc(N2CCCC(Nc3ccc4c(c3)CCCO4)C2=O)cn1. The number of fused-ring (bicyclic) bond motifs is 1. The van der Waals surface area contributed by atoms with Gasteiger partial charge < -0.3 is 15.0 Å². The van der Waals surface area contributed by atoms with Crippen LogP contribution in [0.15, 0.2) is 30.6 Å². The number of ether oxygens (including phenoxy) is 1. The maximum atomic E-state index is 12.8. The molecule has 0 bridgehead atoms. The van der Waals surface area contributed by atoms with Crippen LogP contribution in [-0.2, 0) is 18.3 Å². The van der Waals surface area contributed by atoms with Crippen LogP contribution in [-0.4, -0.2) is 34.9 Å². The Morgan fingerprint density at radius 1 is 1.33 bits per heavy atom. The van der Waals surface area contributed by atoms with E-state index in [0.29, 0.717) is 0 Å². The number of hydrogen-bond donors (Lipinski definition) is 1. The lowest BCUT2D eigenvalue weighted by molar-refractivity contribution is -0.120. The Hall–Kier alpha value is -2.50. The zero-order valence-electron chi connectivity index (χ0n) is 13.9. The van der Waals surface area contributed by atoms with Crippen molar-refractivity contribution in [2.45, 2.75) is 31.7 Å². The second kappa shape index (κ2) is 6.19. The summed E-state index contributed by atoms with van der Waals surface area (Å²) in [6, 6.07) is 5.93. The van der Waals surface area contributed by atoms with Gasteiger partial charge in [0.1, 0.15) is 11.8 Å². The zero-order valence-corrected chi connectivity index (χ0v) is 13.9. The highest BCUT2D eigenvalue weighted by atomic mass is 16.5. The van der Waals surface area contributed by atoms with Crippen molar-refractivity contribution in [2.24, 2.45) is 7.05 Å². The Labute approximate surface area is 141 Å². The number of amides is 1. The topological polar surface area (TPSA) is 59.4 Å². The molecule has 6 nitrogen and oxygen atoms in total. The molecule has 4 rings (SSSR count). The Kier molecular flexibility index (Phi) is 3.88. The van der Waals surface area contributed by atoms with E-state index in [2.05, 4.69) is 16.5 Å². The van der Waals surface area contributed by atoms with Gasteiger partial charge in [-0.1, -0.05) is 0 Å². The minimum Gasteiger partial charge on any atom is -0.493 e. The van der Waals surface area contributed by atoms with Gasteiger partial charge >= 0.3 is 0 Å². The van der Waals surface area contributed by atoms with Crippen LogP contribution < -0.4 is 15.0 Å². The second-order valence-electron chi connectivity index (χ2n) is 6.48. The van der Waals surface area contributed by atoms with Crippen molar-refractivity contribution < 1.29 is 9.53 Å². The first-order chi connectivity index (χ1) is 11.7. The van der Waals surface area contributed by atoms with Gasteiger partial charge in [0, 0.05) is 25.5 Å². The predicted octanol–water partition coefficient (Wildman–Crippen LogP) is 2.35. The highest BCUT2D eigenvalue weighted by Crippen LogP contribution is 2.29. The van der Waals surface area contributed by atoms with Gasteiger partial charge in [0.15, 0.2) is 0 Å². The summed E-state index contributed by atoms with van der Waals surface area (Å²) < 4.78 is 7.38. The molecule has 0 spiro atoms. The standard InChI is InChI=1S/C18H22N4O2/c1-21-12-15(11-19-21)22-8-2-5-16(18(22)23)20-14-6-7-17-13(10-14)4-3-9-24-17/h6-7,10-12,16,20H,2-5,8-9H2,1H3. The Balaban J connectivity index is 1.50. The number of carbonyl (C=O) groups is 1. The summed E-state index contributed by atoms with van der Waals surface area (Å²) in [5.41, 5.74) is 3.08. The van der Waals surface area contributed by atoms with Gasteiger partial charge in [0.05, 0.1) is 18.5 Å². The van der Waals surface area contributed by atoms with E-state index in [9.17, 15) is 4.79 Å². The van der Waals surface area contributed by atoms with Crippen LogP contribution in [0.1, 0.15) is 24.8 Å². The highest BCUT2D eigenvalue weighted by Gasteiger charge is 2.30. The van der Waals surface area contributed by atoms with Gasteiger partial charge in [-0.3, -0.25) is 9.48 Å². The zero-order chi connectivity index (χ0) is 16.5. The van der Waals surface area contributed by atoms with Crippen molar-refractivity contribution in [1.29, 1.82) is 0 Å². The summed E-state index contributed by atoms with van der Waals surface area (Å²) >= 11 is 0. The maximum Gasteiger partial charge on any atom is 0.249 e. The maximum absolute atomic E-state index is 12.8. The van der Waals surface area contributed by atoms with Gasteiger partial charge in [0.2, 0.25) is 5.91 Å². The molecule has 1 aromatic heterocycles. The average molecular weight is 326 g/mol. The third-order valence-corrected chi connectivity index (χ3v) is 4.69. The van der Waals surface area contributed by atoms with Crippen LogP contribution in [0.25, 0.3) is 0 Å². The number of carbonyl (C=O) groups excluding carboxylic acids is 1. The number of nitrogens with one attached hydrogen (secondary N) is 1. The van der Waals surface area contributed by atoms with Gasteiger partial charge in [-0.2, -0.15) is 5.10 Å². The number of rotatable bonds is 3. The second-order valence-corrected chi connectivity index (χ2v) is 6.48. The summed E-state index contributed by atoms with van der Waals surface area (Å²) in [5.74, 6) is 1.09. The van der Waals surface area contributed by atoms with E-state index >= 15 is 0 Å². The summed E-state index contributed by atoms with van der Waals surface area (Å²) in [6.07, 6.45) is 7.54. The molecule has 1 fully saturated rings. The molecule has 126 valence electrons. The summed E-state index contributed by atoms with van der Waals surface area (Å²) in [4.78, 5) is 14.7. The first kappa shape index (κ1) is 15.1. The summed E-state index contributed by atoms with van der Waals surface area (Å²) in [7, 11) is 1.86. The molecular formula is C18H22N4O2. The number of piperidine rings is 1. The molecule has 3 heterocycles. The Morgan fingerprint density at radius 2 is 2.25 bits per heavy atom. The fraction of sp³-hybridized carbons (Fsp3) is 0.444. The van der Waals surface area contributed by atoms with Crippen molar-refractivity contribution >= 4 is 17.3 Å². The molecule has 0 saturated carbocycles. The number of anilines is 2. The number of aromatic nitrogens is 2. The van der Waals surface area contributed by atoms with E-state index in [1.165, 1.54) is 5.56 Å². The minimum atomic E-state index is -0.193. The summed E-state index contributed by atoms with van der Waals surface area (Å²) in [5, 5.41) is 7.59. The van der Waals surface area contributed by atoms with Gasteiger partial charge in [-0.05, 0) is 49.4 Å². The lowest BCUT2D eigenvalue weighted by Gasteiger charge is -2.32. The molecule has 24 heavy (non-hydrogen) atoms. The monoisotopic (exact) mass is 326 g/mol. The van der Waals surface area contributed by atoms with Crippen molar-refractivity contribution in [3.8, 4) is 5.75 Å². The Morgan fingerprint density at radius 3 is 3.08 bits per heavy atom. The summed E-state index contributed by atoms with van der Waals surface area (Å²) in [6.45, 7) is 1.54. The third kappa shape index (κ3) is 2.84. The quantitative estimate of drug-likeness (QED) is 0.941. The molecule has 1 unspecified atom stereocenters. The molecule has 2 aliphatic rings. The van der Waals surface area contributed by atoms with Gasteiger partial charge in [0.25, 0.3) is 0 Å². The van der Waals surface area contributed by atoms with Crippen molar-refractivity contribution in [2.75, 3.05) is 23.4 Å². The molecule has 2 aromatic rings. The lowest BCUT2D eigenvalue weighted by atomic mass is 10.0. The molecule has 0 aliphatic carbocycles. The van der Waals surface area contributed by atoms with Crippen LogP contribution in [0.3, 0.4) is 0 Å². The molecule has 1 amide bonds. The third-order valence-electron chi connectivity index (χ3n) is 4.69. The fourth-order valence-corrected chi connectivity index (χ4v) is 3.46. The van der Waals surface area contributed by atoms with E-state index < -0.39 is 0 Å². The fourth-order valence-electron chi connectivity index (χ4n) is 3.46. The first-order valence-corrected chi connectivity index (χ1v) is 8.53. The van der Waals surface area contributed by atoms with E-state index in [0.717, 1.165) is 56.0 Å². The van der Waals surface area contributed by atoms with Crippen LogP contribution in [0.2, 0.25) is 0 Å². The van der Waals surface area contributed by atoms with E-state index in [4.69, 9.17) is 4.74 Å². The molecular weight excluding hydrogens is 304 g/mol. The normalized spacial score (nSPS) is 20.5. The van der Waals surface area contributed by atoms with Crippen molar-refractivity contribution in [3.63, 3.8) is 0 Å². The number of nitrogens with zero attached hydrogens (tertiary/aromatic N) is 3. The molecule has 0 radical (unpaired) electrons. The van der Waals surface area contributed by atoms with Gasteiger partial charge in [-0.15, -0.1) is 0 Å². The molecule has 2 aliphatic heterocycles. The number of benzene rings is 1. The van der Waals surface area contributed by atoms with Crippen LogP contribution in [0, 0.1) is 0 Å². The first-order valence-electron chi connectivity index (χ1n) is 8.53. The number of hydrogen-bond acceptors (Lipinski definition) is 4. The van der Waals surface area contributed by atoms with Crippen LogP contribution >= 0.6 is 0 Å². The molecule has 6 heteroatoms. The highest BCUT2D eigenvalue weighted by molar-refractivity contribution is 5.99. The number of aryl methyl sites for hydroxylation is 2. The van der Waals surface area contributed by atoms with E-state index in [1.54, 1.807) is 10.9 Å². The van der Waals surface area contributed by atoms with Crippen LogP contribution in [0.4, 0.5) is 11.4 Å². The molecule has 1 atom stereocenters. The van der Waals surface area contributed by atoms with Gasteiger partial charge in [-0.25, -0.2) is 0 Å². The van der Waals surface area contributed by atoms with Crippen molar-refractivity contribution in [1.82, 2.24) is 9.78 Å². The lowest BCUT2D eigenvalue weighted by Crippen LogP contribution is -2.47. The Bertz CT molecular complexity index is 755. The van der Waals surface area contributed by atoms with Crippen molar-refractivity contribution in [3.05, 3.63) is 36.2 Å². The largest absolute Gasteiger partial charge is 0.493 e.